The predicted molar refractivity (Wildman–Crippen MR) is 80.8 cm³/mol. The minimum Gasteiger partial charge on any atom is -0.467 e. The third-order valence-electron chi connectivity index (χ3n) is 4.04. The van der Waals surface area contributed by atoms with Crippen molar-refractivity contribution in [3.8, 4) is 0 Å². The lowest BCUT2D eigenvalue weighted by Gasteiger charge is -2.25. The van der Waals surface area contributed by atoms with Crippen LogP contribution in [0.25, 0.3) is 0 Å². The standard InChI is InChI=1S/C17H20N2O2/c1-12-4-2-5-13(8-12)16-6-3-7-19(16)17(20)14-9-15(10-18)21-11-14/h2,4-5,8-9,11,16H,3,6-7,10,18H2,1H3. The highest BCUT2D eigenvalue weighted by Crippen LogP contribution is 2.33. The summed E-state index contributed by atoms with van der Waals surface area (Å²) < 4.78 is 5.28. The van der Waals surface area contributed by atoms with Crippen LogP contribution in [0.5, 0.6) is 0 Å². The zero-order valence-corrected chi connectivity index (χ0v) is 12.2. The minimum atomic E-state index is 0.0301. The first-order valence-corrected chi connectivity index (χ1v) is 7.34. The first kappa shape index (κ1) is 13.9. The number of benzene rings is 1. The number of carbonyl (C=O) groups excluding carboxylic acids is 1. The van der Waals surface area contributed by atoms with Gasteiger partial charge in [0.2, 0.25) is 0 Å². The van der Waals surface area contributed by atoms with Crippen molar-refractivity contribution in [3.63, 3.8) is 0 Å². The first-order chi connectivity index (χ1) is 10.2. The molecule has 21 heavy (non-hydrogen) atoms. The van der Waals surface area contributed by atoms with Crippen LogP contribution in [0.15, 0.2) is 41.0 Å². The van der Waals surface area contributed by atoms with Gasteiger partial charge in [-0.05, 0) is 31.4 Å². The molecular weight excluding hydrogens is 264 g/mol. The molecule has 0 bridgehead atoms. The van der Waals surface area contributed by atoms with Crippen molar-refractivity contribution in [2.45, 2.75) is 32.4 Å². The Balaban J connectivity index is 1.85. The van der Waals surface area contributed by atoms with Gasteiger partial charge in [-0.1, -0.05) is 29.8 Å². The number of furan rings is 1. The molecular formula is C17H20N2O2. The number of amides is 1. The summed E-state index contributed by atoms with van der Waals surface area (Å²) in [6, 6.07) is 10.3. The van der Waals surface area contributed by atoms with E-state index >= 15 is 0 Å². The summed E-state index contributed by atoms with van der Waals surface area (Å²) in [6.07, 6.45) is 3.55. The summed E-state index contributed by atoms with van der Waals surface area (Å²) >= 11 is 0. The highest BCUT2D eigenvalue weighted by molar-refractivity contribution is 5.94. The molecule has 1 atom stereocenters. The molecule has 4 nitrogen and oxygen atoms in total. The molecule has 1 fully saturated rings. The summed E-state index contributed by atoms with van der Waals surface area (Å²) in [7, 11) is 0. The van der Waals surface area contributed by atoms with E-state index in [4.69, 9.17) is 10.2 Å². The molecule has 1 amide bonds. The van der Waals surface area contributed by atoms with E-state index in [0.29, 0.717) is 17.9 Å². The number of carbonyl (C=O) groups is 1. The maximum absolute atomic E-state index is 12.7. The Morgan fingerprint density at radius 3 is 3.00 bits per heavy atom. The molecule has 1 aromatic carbocycles. The lowest BCUT2D eigenvalue weighted by Crippen LogP contribution is -2.30. The molecule has 2 heterocycles. The van der Waals surface area contributed by atoms with Gasteiger partial charge in [-0.25, -0.2) is 0 Å². The average molecular weight is 284 g/mol. The molecule has 0 aliphatic carbocycles. The normalized spacial score (nSPS) is 18.2. The van der Waals surface area contributed by atoms with E-state index in [-0.39, 0.29) is 11.9 Å². The van der Waals surface area contributed by atoms with Crippen molar-refractivity contribution in [2.75, 3.05) is 6.54 Å². The smallest absolute Gasteiger partial charge is 0.257 e. The second kappa shape index (κ2) is 5.74. The zero-order valence-electron chi connectivity index (χ0n) is 12.2. The van der Waals surface area contributed by atoms with E-state index < -0.39 is 0 Å². The summed E-state index contributed by atoms with van der Waals surface area (Å²) in [5.41, 5.74) is 8.56. The van der Waals surface area contributed by atoms with E-state index in [1.807, 2.05) is 4.90 Å². The largest absolute Gasteiger partial charge is 0.467 e. The van der Waals surface area contributed by atoms with Crippen LogP contribution in [-0.2, 0) is 6.54 Å². The third-order valence-corrected chi connectivity index (χ3v) is 4.04. The Labute approximate surface area is 124 Å². The summed E-state index contributed by atoms with van der Waals surface area (Å²) in [4.78, 5) is 14.6. The number of nitrogens with zero attached hydrogens (tertiary/aromatic N) is 1. The molecule has 0 spiro atoms. The lowest BCUT2D eigenvalue weighted by atomic mass is 10.0. The number of aryl methyl sites for hydroxylation is 1. The van der Waals surface area contributed by atoms with Gasteiger partial charge < -0.3 is 15.1 Å². The van der Waals surface area contributed by atoms with Crippen LogP contribution < -0.4 is 5.73 Å². The highest BCUT2D eigenvalue weighted by Gasteiger charge is 2.31. The van der Waals surface area contributed by atoms with Crippen LogP contribution in [0.2, 0.25) is 0 Å². The number of hydrogen-bond donors (Lipinski definition) is 1. The lowest BCUT2D eigenvalue weighted by molar-refractivity contribution is 0.0735. The molecule has 2 aromatic rings. The van der Waals surface area contributed by atoms with Gasteiger partial charge in [0.15, 0.2) is 0 Å². The van der Waals surface area contributed by atoms with Crippen molar-refractivity contribution in [1.82, 2.24) is 4.90 Å². The maximum atomic E-state index is 12.7. The van der Waals surface area contributed by atoms with E-state index in [0.717, 1.165) is 19.4 Å². The first-order valence-electron chi connectivity index (χ1n) is 7.34. The fourth-order valence-corrected chi connectivity index (χ4v) is 3.00. The van der Waals surface area contributed by atoms with Crippen LogP contribution in [0.1, 0.15) is 46.1 Å². The van der Waals surface area contributed by atoms with Gasteiger partial charge in [-0.2, -0.15) is 0 Å². The monoisotopic (exact) mass is 284 g/mol. The number of rotatable bonds is 3. The number of nitrogens with two attached hydrogens (primary N) is 1. The summed E-state index contributed by atoms with van der Waals surface area (Å²) in [5.74, 6) is 0.673. The molecule has 4 heteroatoms. The van der Waals surface area contributed by atoms with Crippen molar-refractivity contribution < 1.29 is 9.21 Å². The van der Waals surface area contributed by atoms with Crippen molar-refractivity contribution in [3.05, 3.63) is 59.0 Å². The fraction of sp³-hybridized carbons (Fsp3) is 0.353. The van der Waals surface area contributed by atoms with Crippen LogP contribution >= 0.6 is 0 Å². The molecule has 0 saturated carbocycles. The number of likely N-dealkylation sites (tertiary alicyclic amines) is 1. The molecule has 2 N–H and O–H groups in total. The van der Waals surface area contributed by atoms with E-state index in [9.17, 15) is 4.79 Å². The topological polar surface area (TPSA) is 59.5 Å². The van der Waals surface area contributed by atoms with Gasteiger partial charge in [-0.3, -0.25) is 4.79 Å². The van der Waals surface area contributed by atoms with Crippen LogP contribution in [0.3, 0.4) is 0 Å². The average Bonchev–Trinajstić information content (AvgIpc) is 3.15. The van der Waals surface area contributed by atoms with Gasteiger partial charge in [-0.15, -0.1) is 0 Å². The quantitative estimate of drug-likeness (QED) is 0.942. The van der Waals surface area contributed by atoms with Crippen LogP contribution in [0.4, 0.5) is 0 Å². The molecule has 110 valence electrons. The molecule has 1 saturated heterocycles. The molecule has 1 aromatic heterocycles. The van der Waals surface area contributed by atoms with Crippen molar-refractivity contribution in [2.24, 2.45) is 5.73 Å². The van der Waals surface area contributed by atoms with Gasteiger partial charge in [0, 0.05) is 6.54 Å². The Kier molecular flexibility index (Phi) is 3.80. The summed E-state index contributed by atoms with van der Waals surface area (Å²) in [5, 5.41) is 0. The highest BCUT2D eigenvalue weighted by atomic mass is 16.3. The number of hydrogen-bond acceptors (Lipinski definition) is 3. The van der Waals surface area contributed by atoms with Crippen LogP contribution in [-0.4, -0.2) is 17.4 Å². The Morgan fingerprint density at radius 2 is 2.29 bits per heavy atom. The van der Waals surface area contributed by atoms with Gasteiger partial charge >= 0.3 is 0 Å². The van der Waals surface area contributed by atoms with E-state index in [2.05, 4.69) is 31.2 Å². The second-order valence-corrected chi connectivity index (χ2v) is 5.58. The minimum absolute atomic E-state index is 0.0301. The SMILES string of the molecule is Cc1cccc(C2CCCN2C(=O)c2coc(CN)c2)c1. The van der Waals surface area contributed by atoms with Gasteiger partial charge in [0.05, 0.1) is 18.2 Å². The van der Waals surface area contributed by atoms with Crippen molar-refractivity contribution >= 4 is 5.91 Å². The fourth-order valence-electron chi connectivity index (χ4n) is 3.00. The predicted octanol–water partition coefficient (Wildman–Crippen LogP) is 3.02. The van der Waals surface area contributed by atoms with E-state index in [1.165, 1.54) is 17.4 Å². The Bertz CT molecular complexity index is 648. The third kappa shape index (κ3) is 2.72. The summed E-state index contributed by atoms with van der Waals surface area (Å²) in [6.45, 7) is 3.18. The Morgan fingerprint density at radius 1 is 1.43 bits per heavy atom. The molecule has 0 radical (unpaired) electrons. The molecule has 1 aliphatic rings. The van der Waals surface area contributed by atoms with Gasteiger partial charge in [0.25, 0.3) is 5.91 Å². The molecule has 1 unspecified atom stereocenters. The van der Waals surface area contributed by atoms with Gasteiger partial charge in [0.1, 0.15) is 12.0 Å². The van der Waals surface area contributed by atoms with Crippen molar-refractivity contribution in [1.29, 1.82) is 0 Å². The zero-order chi connectivity index (χ0) is 14.8. The Hall–Kier alpha value is -2.07. The molecule has 3 rings (SSSR count). The van der Waals surface area contributed by atoms with E-state index in [1.54, 1.807) is 6.07 Å². The van der Waals surface area contributed by atoms with Crippen LogP contribution in [0, 0.1) is 6.92 Å². The molecule has 1 aliphatic heterocycles. The maximum Gasteiger partial charge on any atom is 0.257 e. The second-order valence-electron chi connectivity index (χ2n) is 5.58.